The summed E-state index contributed by atoms with van der Waals surface area (Å²) in [5.74, 6) is 0. The third-order valence-electron chi connectivity index (χ3n) is 7.81. The molecule has 1 aliphatic heterocycles. The molecule has 1 radical (unpaired) electrons. The second-order valence-electron chi connectivity index (χ2n) is 10.6. The topological polar surface area (TPSA) is 85.5 Å². The largest absolute Gasteiger partial charge is 0.382 e. The Bertz CT molecular complexity index is 1220. The minimum Gasteiger partial charge on any atom is -0.368 e. The molecule has 1 N–H and O–H groups in total. The van der Waals surface area contributed by atoms with Gasteiger partial charge in [0.1, 0.15) is 31.8 Å². The summed E-state index contributed by atoms with van der Waals surface area (Å²) in [5.41, 5.74) is 3.05. The minimum atomic E-state index is -4.08. The average Bonchev–Trinajstić information content (AvgIpc) is 3.33. The van der Waals surface area contributed by atoms with Crippen molar-refractivity contribution in [3.05, 3.63) is 108 Å². The maximum Gasteiger partial charge on any atom is 0.382 e. The zero-order valence-corrected chi connectivity index (χ0v) is 25.8. The molecule has 0 spiro atoms. The van der Waals surface area contributed by atoms with Gasteiger partial charge in [-0.25, -0.2) is 0 Å². The van der Waals surface area contributed by atoms with Crippen LogP contribution in [0, 0.1) is 0 Å². The van der Waals surface area contributed by atoms with E-state index in [1.807, 2.05) is 112 Å². The lowest BCUT2D eigenvalue weighted by Crippen LogP contribution is -2.47. The third-order valence-corrected chi connectivity index (χ3v) is 9.23. The quantitative estimate of drug-likeness (QED) is 0.0866. The number of hydroxylamine groups is 3. The Morgan fingerprint density at radius 3 is 1.67 bits per heavy atom. The molecule has 0 aromatic heterocycles. The average molecular weight is 599 g/mol. The molecule has 42 heavy (non-hydrogen) atoms. The van der Waals surface area contributed by atoms with E-state index in [0.29, 0.717) is 39.5 Å². The summed E-state index contributed by atoms with van der Waals surface area (Å²) in [5, 5.41) is 0. The maximum absolute atomic E-state index is 13.6. The van der Waals surface area contributed by atoms with Crippen molar-refractivity contribution in [2.24, 2.45) is 0 Å². The fourth-order valence-electron chi connectivity index (χ4n) is 5.26. The summed E-state index contributed by atoms with van der Waals surface area (Å²) in [7, 11) is -4.08. The summed E-state index contributed by atoms with van der Waals surface area (Å²) < 4.78 is 45.1. The molecule has 1 fully saturated rings. The van der Waals surface area contributed by atoms with E-state index in [2.05, 4.69) is 0 Å². The van der Waals surface area contributed by atoms with Gasteiger partial charge in [-0.2, -0.15) is 4.65 Å². The van der Waals surface area contributed by atoms with Crippen LogP contribution in [0.25, 0.3) is 0 Å². The van der Waals surface area contributed by atoms with Crippen LogP contribution in [0.1, 0.15) is 37.5 Å². The minimum absolute atomic E-state index is 0.0909. The Labute approximate surface area is 250 Å². The molecule has 0 saturated carbocycles. The molecule has 1 heterocycles. The molecule has 9 heteroatoms. The predicted octanol–water partition coefficient (Wildman–Crippen LogP) is 6.13. The molecule has 0 amide bonds. The maximum atomic E-state index is 13.6. The smallest absolute Gasteiger partial charge is 0.368 e. The van der Waals surface area contributed by atoms with Crippen LogP contribution in [-0.2, 0) is 48.0 Å². The van der Waals surface area contributed by atoms with Gasteiger partial charge in [-0.3, -0.25) is 4.57 Å². The van der Waals surface area contributed by atoms with Crippen molar-refractivity contribution >= 4 is 7.60 Å². The summed E-state index contributed by atoms with van der Waals surface area (Å²) in [6, 6.07) is 29.7. The van der Waals surface area contributed by atoms with Crippen LogP contribution in [0.4, 0.5) is 0 Å². The number of nitrogens with zero attached hydrogens (tertiary/aromatic N) is 1. The summed E-state index contributed by atoms with van der Waals surface area (Å²) in [6.07, 6.45) is -2.60. The van der Waals surface area contributed by atoms with Crippen molar-refractivity contribution < 1.29 is 37.7 Å². The zero-order valence-electron chi connectivity index (χ0n) is 24.9. The third kappa shape index (κ3) is 9.30. The lowest BCUT2D eigenvalue weighted by molar-refractivity contribution is -1.08. The normalized spacial score (nSPS) is 22.2. The van der Waals surface area contributed by atoms with Gasteiger partial charge >= 0.3 is 7.60 Å². The number of quaternary nitrogens is 1. The van der Waals surface area contributed by atoms with E-state index < -0.39 is 32.0 Å². The van der Waals surface area contributed by atoms with Gasteiger partial charge in [-0.15, -0.1) is 9.36 Å². The SMILES string of the molecule is CC[N+](CC)(CC)OP(=O)(O)C[C@H]1O[C@H](C[O+]Cc2ccccc2)[C@@H](OCc2ccccc2)[C@@H]1OCc1ccccc1. The van der Waals surface area contributed by atoms with Crippen LogP contribution in [0.15, 0.2) is 91.0 Å². The monoisotopic (exact) mass is 598 g/mol. The second kappa shape index (κ2) is 15.9. The molecular weight excluding hydrogens is 553 g/mol. The summed E-state index contributed by atoms with van der Waals surface area (Å²) in [4.78, 5) is 11.1. The lowest BCUT2D eigenvalue weighted by Gasteiger charge is -2.34. The first-order valence-corrected chi connectivity index (χ1v) is 16.6. The van der Waals surface area contributed by atoms with Gasteiger partial charge in [0.05, 0.1) is 25.5 Å². The molecule has 1 aliphatic rings. The zero-order chi connectivity index (χ0) is 29.8. The van der Waals surface area contributed by atoms with Crippen LogP contribution in [0.3, 0.4) is 0 Å². The molecule has 0 aliphatic carbocycles. The Morgan fingerprint density at radius 2 is 1.19 bits per heavy atom. The van der Waals surface area contributed by atoms with Crippen molar-refractivity contribution in [3.8, 4) is 0 Å². The van der Waals surface area contributed by atoms with E-state index in [4.69, 9.17) is 23.6 Å². The number of rotatable bonds is 17. The van der Waals surface area contributed by atoms with Gasteiger partial charge in [0, 0.05) is 5.56 Å². The van der Waals surface area contributed by atoms with Crippen molar-refractivity contribution in [2.45, 2.75) is 65.0 Å². The van der Waals surface area contributed by atoms with Crippen LogP contribution in [0.5, 0.6) is 0 Å². The molecule has 1 saturated heterocycles. The van der Waals surface area contributed by atoms with Gasteiger partial charge in [0.2, 0.25) is 13.2 Å². The van der Waals surface area contributed by atoms with Gasteiger partial charge in [-0.1, -0.05) is 91.0 Å². The van der Waals surface area contributed by atoms with Gasteiger partial charge < -0.3 is 19.1 Å². The first-order valence-electron chi connectivity index (χ1n) is 14.8. The highest BCUT2D eigenvalue weighted by Gasteiger charge is 2.52. The number of hydrogen-bond donors (Lipinski definition) is 1. The Balaban J connectivity index is 1.56. The number of ether oxygens (including phenoxy) is 4. The molecular formula is C33H45NO7P+2. The number of benzene rings is 3. The van der Waals surface area contributed by atoms with E-state index in [1.165, 1.54) is 0 Å². The first-order chi connectivity index (χ1) is 20.4. The lowest BCUT2D eigenvalue weighted by atomic mass is 10.1. The Morgan fingerprint density at radius 1 is 0.738 bits per heavy atom. The van der Waals surface area contributed by atoms with Crippen molar-refractivity contribution in [1.29, 1.82) is 0 Å². The van der Waals surface area contributed by atoms with Gasteiger partial charge in [0.25, 0.3) is 0 Å². The highest BCUT2D eigenvalue weighted by Crippen LogP contribution is 2.48. The van der Waals surface area contributed by atoms with Gasteiger partial charge in [-0.05, 0) is 31.9 Å². The summed E-state index contributed by atoms with van der Waals surface area (Å²) >= 11 is 0. The molecule has 1 unspecified atom stereocenters. The van der Waals surface area contributed by atoms with Crippen LogP contribution in [0.2, 0.25) is 0 Å². The first kappa shape index (κ1) is 32.5. The second-order valence-corrected chi connectivity index (χ2v) is 12.4. The summed E-state index contributed by atoms with van der Waals surface area (Å²) in [6.45, 7) is 8.92. The van der Waals surface area contributed by atoms with Crippen LogP contribution < -0.4 is 0 Å². The fourth-order valence-corrected chi connectivity index (χ4v) is 6.97. The highest BCUT2D eigenvalue weighted by atomic mass is 31.2. The standard InChI is InChI=1S/C33H44NO7P/c1-4-34(5-2,6-3)41-42(35,36)26-31-33(39-24-29-20-14-9-15-21-29)32(38-23-28-18-12-8-13-19-28)30(40-31)25-37-22-27-16-10-7-11-17-27/h7-21,30-33H,4-6,22-26H2,1-3H3/q+1/p+1/t30-,31-,32-,33-/m1/s1. The van der Waals surface area contributed by atoms with Crippen LogP contribution in [-0.4, -0.2) is 66.4 Å². The molecule has 0 bridgehead atoms. The molecule has 5 atom stereocenters. The van der Waals surface area contributed by atoms with E-state index in [1.54, 1.807) is 0 Å². The van der Waals surface area contributed by atoms with E-state index in [0.717, 1.165) is 16.7 Å². The molecule has 4 rings (SSSR count). The Hall–Kier alpha value is -2.39. The Kier molecular flexibility index (Phi) is 12.3. The predicted molar refractivity (Wildman–Crippen MR) is 162 cm³/mol. The van der Waals surface area contributed by atoms with Crippen molar-refractivity contribution in [2.75, 3.05) is 32.4 Å². The molecule has 227 valence electrons. The van der Waals surface area contributed by atoms with Crippen molar-refractivity contribution in [3.63, 3.8) is 0 Å². The van der Waals surface area contributed by atoms with E-state index >= 15 is 0 Å². The number of hydrogen-bond acceptors (Lipinski definition) is 6. The van der Waals surface area contributed by atoms with E-state index in [9.17, 15) is 9.46 Å². The fraction of sp³-hybridized carbons (Fsp3) is 0.455. The highest BCUT2D eigenvalue weighted by molar-refractivity contribution is 7.52. The molecule has 3 aromatic rings. The van der Waals surface area contributed by atoms with E-state index in [-0.39, 0.29) is 17.4 Å². The van der Waals surface area contributed by atoms with Crippen molar-refractivity contribution in [1.82, 2.24) is 0 Å². The molecule has 3 aromatic carbocycles. The van der Waals surface area contributed by atoms with Gasteiger partial charge in [0.15, 0.2) is 6.10 Å². The van der Waals surface area contributed by atoms with Crippen LogP contribution >= 0.6 is 7.60 Å². The molecule has 8 nitrogen and oxygen atoms in total.